The zero-order valence-electron chi connectivity index (χ0n) is 16.8. The Labute approximate surface area is 166 Å². The molecule has 0 spiro atoms. The number of piperidine rings is 1. The number of carbonyl (C=O) groups is 2. The van der Waals surface area contributed by atoms with Crippen molar-refractivity contribution in [2.45, 2.75) is 68.9 Å². The molecule has 2 saturated carbocycles. The van der Waals surface area contributed by atoms with Gasteiger partial charge in [0.15, 0.2) is 0 Å². The van der Waals surface area contributed by atoms with Crippen molar-refractivity contribution in [2.75, 3.05) is 20.2 Å². The molecule has 1 aromatic rings. The molecule has 5 rings (SSSR count). The van der Waals surface area contributed by atoms with Crippen LogP contribution < -0.4 is 4.74 Å². The fraction of sp³-hybridized carbons (Fsp3) is 0.652. The first-order valence-electron chi connectivity index (χ1n) is 10.6. The van der Waals surface area contributed by atoms with Gasteiger partial charge in [0.25, 0.3) is 0 Å². The van der Waals surface area contributed by atoms with Crippen LogP contribution >= 0.6 is 0 Å². The predicted octanol–water partition coefficient (Wildman–Crippen LogP) is 3.03. The van der Waals surface area contributed by atoms with E-state index in [1.807, 2.05) is 6.07 Å². The number of fused-ring (bicyclic) bond motifs is 1. The standard InChI is InChI=1S/C23H29NO4/c1-15(25)28-23-8-7-18(26)13-22(23)9-10-24(14-16-3-4-16)21(23)11-17-5-6-19(27-2)12-20(17)22/h5-6,12,16,21H,3-4,7-11,13-14H2,1-2H3/t21-,22-,23-/m1/s1. The molecule has 3 atom stereocenters. The molecule has 0 N–H and O–H groups in total. The van der Waals surface area contributed by atoms with Gasteiger partial charge in [-0.15, -0.1) is 0 Å². The zero-order valence-corrected chi connectivity index (χ0v) is 16.8. The van der Waals surface area contributed by atoms with E-state index in [1.165, 1.54) is 30.9 Å². The van der Waals surface area contributed by atoms with Crippen LogP contribution in [0.3, 0.4) is 0 Å². The molecule has 0 aromatic heterocycles. The van der Waals surface area contributed by atoms with Gasteiger partial charge in [0.05, 0.1) is 13.2 Å². The Bertz CT molecular complexity index is 832. The van der Waals surface area contributed by atoms with E-state index in [0.717, 1.165) is 37.6 Å². The summed E-state index contributed by atoms with van der Waals surface area (Å²) in [5.74, 6) is 1.64. The maximum absolute atomic E-state index is 12.7. The number of benzene rings is 1. The normalized spacial score (nSPS) is 34.4. The molecule has 4 aliphatic rings. The zero-order chi connectivity index (χ0) is 19.5. The van der Waals surface area contributed by atoms with Crippen molar-refractivity contribution in [3.05, 3.63) is 29.3 Å². The van der Waals surface area contributed by atoms with Gasteiger partial charge in [-0.25, -0.2) is 0 Å². The van der Waals surface area contributed by atoms with Crippen molar-refractivity contribution in [3.8, 4) is 5.75 Å². The average molecular weight is 383 g/mol. The minimum absolute atomic E-state index is 0.153. The molecular weight excluding hydrogens is 354 g/mol. The van der Waals surface area contributed by atoms with Gasteiger partial charge in [-0.2, -0.15) is 0 Å². The number of likely N-dealkylation sites (tertiary alicyclic amines) is 1. The van der Waals surface area contributed by atoms with Gasteiger partial charge >= 0.3 is 5.97 Å². The fourth-order valence-electron chi connectivity index (χ4n) is 6.30. The lowest BCUT2D eigenvalue weighted by molar-refractivity contribution is -0.205. The highest BCUT2D eigenvalue weighted by atomic mass is 16.6. The maximum atomic E-state index is 12.7. The Morgan fingerprint density at radius 3 is 2.82 bits per heavy atom. The summed E-state index contributed by atoms with van der Waals surface area (Å²) < 4.78 is 11.8. The lowest BCUT2D eigenvalue weighted by atomic mass is 9.49. The molecule has 28 heavy (non-hydrogen) atoms. The Morgan fingerprint density at radius 2 is 2.11 bits per heavy atom. The summed E-state index contributed by atoms with van der Waals surface area (Å²) in [6.45, 7) is 3.57. The predicted molar refractivity (Wildman–Crippen MR) is 104 cm³/mol. The molecule has 150 valence electrons. The number of esters is 1. The highest BCUT2D eigenvalue weighted by Gasteiger charge is 2.67. The van der Waals surface area contributed by atoms with Crippen molar-refractivity contribution in [2.24, 2.45) is 5.92 Å². The number of Topliss-reactive ketones (excluding diaryl/α,β-unsaturated/α-hetero) is 1. The monoisotopic (exact) mass is 383 g/mol. The molecule has 1 aliphatic heterocycles. The third-order valence-corrected chi connectivity index (χ3v) is 7.65. The van der Waals surface area contributed by atoms with Gasteiger partial charge in [-0.1, -0.05) is 6.07 Å². The summed E-state index contributed by atoms with van der Waals surface area (Å²) in [6.07, 6.45) is 5.94. The van der Waals surface area contributed by atoms with Crippen molar-refractivity contribution in [1.29, 1.82) is 0 Å². The Balaban J connectivity index is 1.69. The van der Waals surface area contributed by atoms with E-state index in [1.54, 1.807) is 7.11 Å². The second kappa shape index (κ2) is 6.31. The van der Waals surface area contributed by atoms with Crippen LogP contribution in [0.1, 0.15) is 56.6 Å². The van der Waals surface area contributed by atoms with Crippen molar-refractivity contribution >= 4 is 11.8 Å². The summed E-state index contributed by atoms with van der Waals surface area (Å²) in [7, 11) is 1.68. The largest absolute Gasteiger partial charge is 0.497 e. The van der Waals surface area contributed by atoms with Crippen LogP contribution in [-0.4, -0.2) is 48.5 Å². The van der Waals surface area contributed by atoms with E-state index in [-0.39, 0.29) is 17.8 Å². The molecule has 3 fully saturated rings. The SMILES string of the molecule is COc1ccc2c(c1)[C@]13CCN(CC4CC4)[C@H](C2)[C@]1(OC(C)=O)CCC(=O)C3. The summed E-state index contributed by atoms with van der Waals surface area (Å²) in [6, 6.07) is 6.42. The Kier molecular flexibility index (Phi) is 4.10. The smallest absolute Gasteiger partial charge is 0.303 e. The van der Waals surface area contributed by atoms with E-state index >= 15 is 0 Å². The van der Waals surface area contributed by atoms with E-state index < -0.39 is 11.0 Å². The van der Waals surface area contributed by atoms with Gasteiger partial charge in [-0.3, -0.25) is 14.5 Å². The summed E-state index contributed by atoms with van der Waals surface area (Å²) >= 11 is 0. The fourth-order valence-corrected chi connectivity index (χ4v) is 6.30. The molecule has 0 amide bonds. The van der Waals surface area contributed by atoms with E-state index in [2.05, 4.69) is 17.0 Å². The molecule has 0 unspecified atom stereocenters. The Hall–Kier alpha value is -1.88. The number of carbonyl (C=O) groups excluding carboxylic acids is 2. The van der Waals surface area contributed by atoms with Gasteiger partial charge < -0.3 is 9.47 Å². The van der Waals surface area contributed by atoms with Gasteiger partial charge in [0.2, 0.25) is 0 Å². The van der Waals surface area contributed by atoms with Crippen LogP contribution in [0.4, 0.5) is 0 Å². The Morgan fingerprint density at radius 1 is 1.29 bits per heavy atom. The number of hydrogen-bond acceptors (Lipinski definition) is 5. The first kappa shape index (κ1) is 18.2. The molecule has 5 heteroatoms. The maximum Gasteiger partial charge on any atom is 0.303 e. The second-order valence-corrected chi connectivity index (χ2v) is 9.21. The number of nitrogens with zero attached hydrogens (tertiary/aromatic N) is 1. The molecule has 1 heterocycles. The number of ether oxygens (including phenoxy) is 2. The number of ketones is 1. The molecule has 1 aromatic carbocycles. The number of rotatable bonds is 4. The molecule has 0 radical (unpaired) electrons. The van der Waals surface area contributed by atoms with Gasteiger partial charge in [-0.05, 0) is 67.8 Å². The van der Waals surface area contributed by atoms with Crippen LogP contribution in [0.15, 0.2) is 18.2 Å². The third-order valence-electron chi connectivity index (χ3n) is 7.65. The van der Waals surface area contributed by atoms with Crippen molar-refractivity contribution in [3.63, 3.8) is 0 Å². The van der Waals surface area contributed by atoms with Crippen LogP contribution in [0.25, 0.3) is 0 Å². The quantitative estimate of drug-likeness (QED) is 0.748. The van der Waals surface area contributed by atoms with Crippen molar-refractivity contribution in [1.82, 2.24) is 4.90 Å². The summed E-state index contributed by atoms with van der Waals surface area (Å²) in [5.41, 5.74) is 1.41. The van der Waals surface area contributed by atoms with Crippen LogP contribution in [-0.2, 0) is 26.2 Å². The molecule has 5 nitrogen and oxygen atoms in total. The molecule has 1 saturated heterocycles. The van der Waals surface area contributed by atoms with Crippen LogP contribution in [0, 0.1) is 5.92 Å². The lowest BCUT2D eigenvalue weighted by Crippen LogP contribution is -2.74. The van der Waals surface area contributed by atoms with Crippen LogP contribution in [0.5, 0.6) is 5.75 Å². The van der Waals surface area contributed by atoms with E-state index in [4.69, 9.17) is 9.47 Å². The molecule has 3 aliphatic carbocycles. The second-order valence-electron chi connectivity index (χ2n) is 9.21. The highest BCUT2D eigenvalue weighted by Crippen LogP contribution is 2.60. The van der Waals surface area contributed by atoms with E-state index in [0.29, 0.717) is 19.3 Å². The minimum atomic E-state index is -0.612. The average Bonchev–Trinajstić information content (AvgIpc) is 3.48. The third kappa shape index (κ3) is 2.55. The lowest BCUT2D eigenvalue weighted by Gasteiger charge is -2.64. The van der Waals surface area contributed by atoms with Crippen LogP contribution in [0.2, 0.25) is 0 Å². The van der Waals surface area contributed by atoms with E-state index in [9.17, 15) is 9.59 Å². The van der Waals surface area contributed by atoms with Gasteiger partial charge in [0, 0.05) is 31.7 Å². The molecular formula is C23H29NO4. The molecule has 2 bridgehead atoms. The van der Waals surface area contributed by atoms with Crippen molar-refractivity contribution < 1.29 is 19.1 Å². The topological polar surface area (TPSA) is 55.8 Å². The summed E-state index contributed by atoms with van der Waals surface area (Å²) in [5, 5.41) is 0. The first-order chi connectivity index (χ1) is 13.5. The number of hydrogen-bond donors (Lipinski definition) is 0. The first-order valence-corrected chi connectivity index (χ1v) is 10.6. The minimum Gasteiger partial charge on any atom is -0.497 e. The summed E-state index contributed by atoms with van der Waals surface area (Å²) in [4.78, 5) is 27.6. The van der Waals surface area contributed by atoms with Gasteiger partial charge in [0.1, 0.15) is 17.1 Å². The highest BCUT2D eigenvalue weighted by molar-refractivity contribution is 5.83. The number of methoxy groups -OCH3 is 1.